The van der Waals surface area contributed by atoms with Crippen molar-refractivity contribution in [3.05, 3.63) is 94.0 Å². The number of nitrogens with zero attached hydrogens (tertiary/aromatic N) is 3. The number of ether oxygens (including phenoxy) is 1. The number of carbonyl (C=O) groups excluding carboxylic acids is 2. The van der Waals surface area contributed by atoms with E-state index in [0.29, 0.717) is 44.5 Å². The van der Waals surface area contributed by atoms with Crippen LogP contribution in [-0.2, 0) is 24.2 Å². The number of hydrogen-bond donors (Lipinski definition) is 0. The first-order chi connectivity index (χ1) is 20.1. The van der Waals surface area contributed by atoms with Crippen LogP contribution >= 0.6 is 11.6 Å². The van der Waals surface area contributed by atoms with Gasteiger partial charge < -0.3 is 19.4 Å². The Morgan fingerprint density at radius 1 is 0.952 bits per heavy atom. The molecule has 0 radical (unpaired) electrons. The number of likely N-dealkylation sites (N-methyl/N-ethyl adjacent to an activating group) is 1. The van der Waals surface area contributed by atoms with Gasteiger partial charge in [-0.05, 0) is 79.9 Å². The molecule has 0 N–H and O–H groups in total. The Kier molecular flexibility index (Phi) is 9.24. The van der Waals surface area contributed by atoms with Crippen molar-refractivity contribution in [3.8, 4) is 5.75 Å². The van der Waals surface area contributed by atoms with E-state index in [4.69, 9.17) is 16.3 Å². The summed E-state index contributed by atoms with van der Waals surface area (Å²) in [5, 5.41) is 0.739. The van der Waals surface area contributed by atoms with Gasteiger partial charge in [0.25, 0.3) is 5.91 Å². The molecule has 0 bridgehead atoms. The van der Waals surface area contributed by atoms with Crippen LogP contribution in [0.15, 0.2) is 66.7 Å². The second kappa shape index (κ2) is 12.9. The molecule has 0 saturated heterocycles. The van der Waals surface area contributed by atoms with Crippen LogP contribution in [0.5, 0.6) is 5.75 Å². The molecule has 7 heteroatoms. The average Bonchev–Trinajstić information content (AvgIpc) is 3.27. The number of carbonyl (C=O) groups is 2. The fourth-order valence-corrected chi connectivity index (χ4v) is 6.29. The second-order valence-electron chi connectivity index (χ2n) is 12.5. The highest BCUT2D eigenvalue weighted by Crippen LogP contribution is 2.38. The van der Waals surface area contributed by atoms with Gasteiger partial charge in [0.15, 0.2) is 0 Å². The minimum absolute atomic E-state index is 0.0139. The zero-order chi connectivity index (χ0) is 29.9. The molecule has 6 nitrogen and oxygen atoms in total. The molecule has 2 heterocycles. The molecule has 0 fully saturated rings. The van der Waals surface area contributed by atoms with Gasteiger partial charge in [-0.25, -0.2) is 0 Å². The summed E-state index contributed by atoms with van der Waals surface area (Å²) in [6.45, 7) is 9.57. The van der Waals surface area contributed by atoms with Gasteiger partial charge in [0, 0.05) is 61.7 Å². The minimum Gasteiger partial charge on any atom is -0.487 e. The molecule has 0 spiro atoms. The highest BCUT2D eigenvalue weighted by Gasteiger charge is 2.36. The van der Waals surface area contributed by atoms with Crippen molar-refractivity contribution in [1.29, 1.82) is 0 Å². The van der Waals surface area contributed by atoms with Gasteiger partial charge in [0.05, 0.1) is 0 Å². The topological polar surface area (TPSA) is 53.1 Å². The van der Waals surface area contributed by atoms with E-state index in [1.165, 1.54) is 0 Å². The molecule has 5 rings (SSSR count). The number of rotatable bonds is 5. The number of halogens is 1. The summed E-state index contributed by atoms with van der Waals surface area (Å²) in [4.78, 5) is 33.5. The van der Waals surface area contributed by atoms with Crippen LogP contribution in [0.25, 0.3) is 0 Å². The number of fused-ring (bicyclic) bond motifs is 2. The van der Waals surface area contributed by atoms with Crippen molar-refractivity contribution >= 4 is 29.1 Å². The SMILES string of the molecule is CC(C)CC(=O)N1CCCN(C)CCN(C(=O)c2ccc3c(c2)CC(C)(Cc2ccccc2Cl)O3)Cc2ccccc21. The first-order valence-electron chi connectivity index (χ1n) is 15.0. The number of para-hydroxylation sites is 1. The third-order valence-corrected chi connectivity index (χ3v) is 8.61. The number of anilines is 1. The van der Waals surface area contributed by atoms with Crippen molar-refractivity contribution in [2.75, 3.05) is 38.1 Å². The first-order valence-corrected chi connectivity index (χ1v) is 15.4. The van der Waals surface area contributed by atoms with E-state index in [1.807, 2.05) is 76.5 Å². The maximum atomic E-state index is 14.1. The monoisotopic (exact) mass is 587 g/mol. The Balaban J connectivity index is 1.40. The van der Waals surface area contributed by atoms with Crippen LogP contribution in [0.1, 0.15) is 60.7 Å². The van der Waals surface area contributed by atoms with Gasteiger partial charge >= 0.3 is 0 Å². The van der Waals surface area contributed by atoms with Gasteiger partial charge in [-0.2, -0.15) is 0 Å². The molecule has 2 aliphatic heterocycles. The Morgan fingerprint density at radius 2 is 1.71 bits per heavy atom. The smallest absolute Gasteiger partial charge is 0.254 e. The van der Waals surface area contributed by atoms with Crippen LogP contribution in [0, 0.1) is 5.92 Å². The summed E-state index contributed by atoms with van der Waals surface area (Å²) < 4.78 is 6.41. The molecule has 0 saturated carbocycles. The number of amides is 2. The molecule has 1 unspecified atom stereocenters. The Labute approximate surface area is 255 Å². The summed E-state index contributed by atoms with van der Waals surface area (Å²) >= 11 is 6.45. The van der Waals surface area contributed by atoms with Crippen molar-refractivity contribution in [2.45, 2.75) is 58.6 Å². The predicted octanol–water partition coefficient (Wildman–Crippen LogP) is 6.63. The van der Waals surface area contributed by atoms with Crippen LogP contribution in [0.3, 0.4) is 0 Å². The van der Waals surface area contributed by atoms with E-state index in [0.717, 1.165) is 52.7 Å². The molecule has 222 valence electrons. The zero-order valence-corrected chi connectivity index (χ0v) is 26.0. The molecule has 0 aliphatic carbocycles. The Morgan fingerprint density at radius 3 is 2.50 bits per heavy atom. The molecule has 2 amide bonds. The van der Waals surface area contributed by atoms with E-state index in [1.54, 1.807) is 0 Å². The third-order valence-electron chi connectivity index (χ3n) is 8.24. The lowest BCUT2D eigenvalue weighted by Gasteiger charge is -2.28. The minimum atomic E-state index is -0.433. The van der Waals surface area contributed by atoms with Crippen LogP contribution < -0.4 is 9.64 Å². The molecule has 3 aromatic carbocycles. The fourth-order valence-electron chi connectivity index (χ4n) is 6.09. The van der Waals surface area contributed by atoms with Gasteiger partial charge in [-0.3, -0.25) is 9.59 Å². The maximum absolute atomic E-state index is 14.1. The largest absolute Gasteiger partial charge is 0.487 e. The average molecular weight is 588 g/mol. The van der Waals surface area contributed by atoms with Crippen LogP contribution in [0.2, 0.25) is 5.02 Å². The fraction of sp³-hybridized carbons (Fsp3) is 0.429. The summed E-state index contributed by atoms with van der Waals surface area (Å²) in [6, 6.07) is 21.7. The quantitative estimate of drug-likeness (QED) is 0.336. The lowest BCUT2D eigenvalue weighted by atomic mass is 9.91. The van der Waals surface area contributed by atoms with Gasteiger partial charge in [-0.15, -0.1) is 0 Å². The molecular weight excluding hydrogens is 546 g/mol. The molecule has 2 aliphatic rings. The standard InChI is InChI=1S/C35H42ClN3O3/c1-25(2)20-33(40)39-17-9-16-37(4)18-19-38(24-28-11-6-8-13-31(28)39)34(41)26-14-15-32-29(21-26)23-35(3,42-32)22-27-10-5-7-12-30(27)36/h5-8,10-15,21,25H,9,16-20,22-24H2,1-4H3. The Hall–Kier alpha value is -3.35. The van der Waals surface area contributed by atoms with Crippen molar-refractivity contribution in [2.24, 2.45) is 5.92 Å². The van der Waals surface area contributed by atoms with Crippen molar-refractivity contribution in [3.63, 3.8) is 0 Å². The van der Waals surface area contributed by atoms with Crippen molar-refractivity contribution in [1.82, 2.24) is 9.80 Å². The number of benzene rings is 3. The predicted molar refractivity (Wildman–Crippen MR) is 169 cm³/mol. The summed E-state index contributed by atoms with van der Waals surface area (Å²) in [5.41, 5.74) is 4.21. The van der Waals surface area contributed by atoms with E-state index in [2.05, 4.69) is 32.7 Å². The van der Waals surface area contributed by atoms with Crippen molar-refractivity contribution < 1.29 is 14.3 Å². The molecular formula is C35H42ClN3O3. The maximum Gasteiger partial charge on any atom is 0.254 e. The lowest BCUT2D eigenvalue weighted by molar-refractivity contribution is -0.119. The summed E-state index contributed by atoms with van der Waals surface area (Å²) in [5.74, 6) is 1.22. The zero-order valence-electron chi connectivity index (χ0n) is 25.2. The summed E-state index contributed by atoms with van der Waals surface area (Å²) in [6.07, 6.45) is 2.76. The normalized spacial score (nSPS) is 19.6. The van der Waals surface area contributed by atoms with E-state index in [-0.39, 0.29) is 17.7 Å². The highest BCUT2D eigenvalue weighted by molar-refractivity contribution is 6.31. The van der Waals surface area contributed by atoms with Gasteiger partial charge in [0.2, 0.25) is 5.91 Å². The van der Waals surface area contributed by atoms with E-state index < -0.39 is 5.60 Å². The lowest BCUT2D eigenvalue weighted by Crippen LogP contribution is -2.37. The van der Waals surface area contributed by atoms with E-state index in [9.17, 15) is 9.59 Å². The number of hydrogen-bond acceptors (Lipinski definition) is 4. The molecule has 3 aromatic rings. The van der Waals surface area contributed by atoms with Crippen LogP contribution in [0.4, 0.5) is 5.69 Å². The van der Waals surface area contributed by atoms with E-state index >= 15 is 0 Å². The third kappa shape index (κ3) is 6.99. The van der Waals surface area contributed by atoms with Gasteiger partial charge in [-0.1, -0.05) is 61.8 Å². The molecule has 1 atom stereocenters. The van der Waals surface area contributed by atoms with Crippen LogP contribution in [-0.4, -0.2) is 60.4 Å². The highest BCUT2D eigenvalue weighted by atomic mass is 35.5. The molecule has 42 heavy (non-hydrogen) atoms. The summed E-state index contributed by atoms with van der Waals surface area (Å²) in [7, 11) is 2.08. The van der Waals surface area contributed by atoms with Gasteiger partial charge in [0.1, 0.15) is 11.4 Å². The Bertz CT molecular complexity index is 1440. The molecule has 0 aromatic heterocycles. The second-order valence-corrected chi connectivity index (χ2v) is 12.9. The first kappa shape index (κ1) is 30.1.